The number of hydrogen-bond donors (Lipinski definition) is 1. The van der Waals surface area contributed by atoms with Gasteiger partial charge in [-0.1, -0.05) is 0 Å². The van der Waals surface area contributed by atoms with Crippen molar-refractivity contribution in [2.45, 2.75) is 37.8 Å². The van der Waals surface area contributed by atoms with E-state index in [1.807, 2.05) is 19.2 Å². The number of halogens is 1. The molecule has 2 saturated heterocycles. The fourth-order valence-corrected chi connectivity index (χ4v) is 3.78. The summed E-state index contributed by atoms with van der Waals surface area (Å²) in [6, 6.07) is 8.33. The molecule has 0 radical (unpaired) electrons. The topological polar surface area (TPSA) is 15.3 Å². The summed E-state index contributed by atoms with van der Waals surface area (Å²) in [5, 5.41) is 3.30. The molecule has 1 N–H and O–H groups in total. The van der Waals surface area contributed by atoms with Gasteiger partial charge in [-0.25, -0.2) is 4.39 Å². The van der Waals surface area contributed by atoms with E-state index in [0.717, 1.165) is 12.5 Å². The van der Waals surface area contributed by atoms with Gasteiger partial charge in [0, 0.05) is 17.8 Å². The van der Waals surface area contributed by atoms with Crippen LogP contribution in [-0.2, 0) is 0 Å². The average molecular weight is 248 g/mol. The van der Waals surface area contributed by atoms with Crippen LogP contribution < -0.4 is 10.2 Å². The zero-order valence-corrected chi connectivity index (χ0v) is 10.9. The van der Waals surface area contributed by atoms with Crippen LogP contribution in [0.1, 0.15) is 25.7 Å². The lowest BCUT2D eigenvalue weighted by molar-refractivity contribution is 0.333. The zero-order chi connectivity index (χ0) is 12.5. The molecule has 0 amide bonds. The summed E-state index contributed by atoms with van der Waals surface area (Å²) >= 11 is 0. The van der Waals surface area contributed by atoms with Crippen LogP contribution in [0.25, 0.3) is 0 Å². The summed E-state index contributed by atoms with van der Waals surface area (Å²) in [5.41, 5.74) is 1.20. The predicted octanol–water partition coefficient (Wildman–Crippen LogP) is 2.79. The molecule has 1 aromatic carbocycles. The summed E-state index contributed by atoms with van der Waals surface area (Å²) in [6.45, 7) is 1.13. The standard InChI is InChI=1S/C15H21FN2/c1-17-10-11-8-14-6-7-15(9-11)18(14)13-4-2-12(16)3-5-13/h2-5,11,14-15,17H,6-10H2,1H3. The van der Waals surface area contributed by atoms with Crippen molar-refractivity contribution in [3.05, 3.63) is 30.1 Å². The third-order valence-corrected chi connectivity index (χ3v) is 4.45. The Bertz CT molecular complexity index is 389. The van der Waals surface area contributed by atoms with Gasteiger partial charge in [0.15, 0.2) is 0 Å². The number of hydrogen-bond acceptors (Lipinski definition) is 2. The summed E-state index contributed by atoms with van der Waals surface area (Å²) in [6.07, 6.45) is 5.13. The van der Waals surface area contributed by atoms with E-state index in [1.165, 1.54) is 31.4 Å². The zero-order valence-electron chi connectivity index (χ0n) is 10.9. The van der Waals surface area contributed by atoms with E-state index in [0.29, 0.717) is 12.1 Å². The Labute approximate surface area is 108 Å². The molecule has 0 aromatic heterocycles. The van der Waals surface area contributed by atoms with Crippen LogP contribution in [0.2, 0.25) is 0 Å². The minimum Gasteiger partial charge on any atom is -0.366 e. The van der Waals surface area contributed by atoms with Crippen LogP contribution in [-0.4, -0.2) is 25.7 Å². The monoisotopic (exact) mass is 248 g/mol. The lowest BCUT2D eigenvalue weighted by atomic mass is 9.90. The van der Waals surface area contributed by atoms with Gasteiger partial charge in [0.1, 0.15) is 5.82 Å². The van der Waals surface area contributed by atoms with Crippen molar-refractivity contribution in [1.82, 2.24) is 5.32 Å². The molecule has 3 heteroatoms. The number of nitrogens with zero attached hydrogens (tertiary/aromatic N) is 1. The lowest BCUT2D eigenvalue weighted by Crippen LogP contribution is -2.44. The van der Waals surface area contributed by atoms with Crippen LogP contribution in [0.3, 0.4) is 0 Å². The van der Waals surface area contributed by atoms with Gasteiger partial charge in [-0.2, -0.15) is 0 Å². The van der Waals surface area contributed by atoms with Gasteiger partial charge >= 0.3 is 0 Å². The van der Waals surface area contributed by atoms with Crippen LogP contribution in [0, 0.1) is 11.7 Å². The van der Waals surface area contributed by atoms with Gasteiger partial charge in [0.25, 0.3) is 0 Å². The van der Waals surface area contributed by atoms with Gasteiger partial charge in [0.2, 0.25) is 0 Å². The molecule has 0 spiro atoms. The molecule has 18 heavy (non-hydrogen) atoms. The number of benzene rings is 1. The lowest BCUT2D eigenvalue weighted by Gasteiger charge is -2.40. The molecule has 0 saturated carbocycles. The minimum atomic E-state index is -0.142. The maximum Gasteiger partial charge on any atom is 0.123 e. The Morgan fingerprint density at radius 2 is 1.78 bits per heavy atom. The number of piperidine rings is 1. The molecule has 3 rings (SSSR count). The molecule has 2 unspecified atom stereocenters. The molecular formula is C15H21FN2. The second-order valence-corrected chi connectivity index (χ2v) is 5.66. The van der Waals surface area contributed by atoms with Crippen molar-refractivity contribution in [3.63, 3.8) is 0 Å². The van der Waals surface area contributed by atoms with Gasteiger partial charge in [-0.3, -0.25) is 0 Å². The molecule has 1 aromatic rings. The second kappa shape index (κ2) is 4.88. The number of nitrogens with one attached hydrogen (secondary N) is 1. The third kappa shape index (κ3) is 2.12. The molecule has 2 fully saturated rings. The first-order valence-corrected chi connectivity index (χ1v) is 6.96. The summed E-state index contributed by atoms with van der Waals surface area (Å²) < 4.78 is 13.0. The van der Waals surface area contributed by atoms with Gasteiger partial charge in [-0.15, -0.1) is 0 Å². The smallest absolute Gasteiger partial charge is 0.123 e. The molecule has 0 aliphatic carbocycles. The number of anilines is 1. The van der Waals surface area contributed by atoms with E-state index in [2.05, 4.69) is 10.2 Å². The van der Waals surface area contributed by atoms with Crippen LogP contribution in [0.5, 0.6) is 0 Å². The van der Waals surface area contributed by atoms with E-state index < -0.39 is 0 Å². The Morgan fingerprint density at radius 1 is 1.17 bits per heavy atom. The van der Waals surface area contributed by atoms with Crippen LogP contribution >= 0.6 is 0 Å². The normalized spacial score (nSPS) is 30.8. The molecule has 2 aliphatic heterocycles. The molecule has 2 nitrogen and oxygen atoms in total. The van der Waals surface area contributed by atoms with Crippen molar-refractivity contribution in [2.24, 2.45) is 5.92 Å². The van der Waals surface area contributed by atoms with E-state index in [9.17, 15) is 4.39 Å². The van der Waals surface area contributed by atoms with Crippen LogP contribution in [0.15, 0.2) is 24.3 Å². The highest BCUT2D eigenvalue weighted by Crippen LogP contribution is 2.41. The number of rotatable bonds is 3. The first-order valence-electron chi connectivity index (χ1n) is 6.96. The third-order valence-electron chi connectivity index (χ3n) is 4.45. The first-order chi connectivity index (χ1) is 8.78. The average Bonchev–Trinajstić information content (AvgIpc) is 2.63. The maximum absolute atomic E-state index is 13.0. The quantitative estimate of drug-likeness (QED) is 0.885. The molecule has 2 aliphatic rings. The highest BCUT2D eigenvalue weighted by Gasteiger charge is 2.40. The Balaban J connectivity index is 1.77. The first kappa shape index (κ1) is 12.0. The highest BCUT2D eigenvalue weighted by atomic mass is 19.1. The minimum absolute atomic E-state index is 0.142. The Kier molecular flexibility index (Phi) is 3.25. The van der Waals surface area contributed by atoms with Crippen molar-refractivity contribution in [3.8, 4) is 0 Å². The highest BCUT2D eigenvalue weighted by molar-refractivity contribution is 5.50. The molecule has 2 atom stereocenters. The maximum atomic E-state index is 13.0. The van der Waals surface area contributed by atoms with E-state index in [4.69, 9.17) is 0 Å². The van der Waals surface area contributed by atoms with E-state index >= 15 is 0 Å². The van der Waals surface area contributed by atoms with Crippen molar-refractivity contribution < 1.29 is 4.39 Å². The largest absolute Gasteiger partial charge is 0.366 e. The second-order valence-electron chi connectivity index (χ2n) is 5.66. The summed E-state index contributed by atoms with van der Waals surface area (Å²) in [5.74, 6) is 0.667. The Hall–Kier alpha value is -1.09. The van der Waals surface area contributed by atoms with Gasteiger partial charge in [0.05, 0.1) is 0 Å². The number of fused-ring (bicyclic) bond motifs is 2. The van der Waals surface area contributed by atoms with Gasteiger partial charge in [-0.05, 0) is 69.5 Å². The molecule has 98 valence electrons. The molecule has 2 heterocycles. The van der Waals surface area contributed by atoms with Crippen molar-refractivity contribution >= 4 is 5.69 Å². The van der Waals surface area contributed by atoms with E-state index in [1.54, 1.807) is 12.1 Å². The fraction of sp³-hybridized carbons (Fsp3) is 0.600. The molecular weight excluding hydrogens is 227 g/mol. The SMILES string of the molecule is CNCC1CC2CCC(C1)N2c1ccc(F)cc1. The Morgan fingerprint density at radius 3 is 2.33 bits per heavy atom. The van der Waals surface area contributed by atoms with E-state index in [-0.39, 0.29) is 5.82 Å². The predicted molar refractivity (Wildman–Crippen MR) is 72.3 cm³/mol. The van der Waals surface area contributed by atoms with Crippen molar-refractivity contribution in [2.75, 3.05) is 18.5 Å². The van der Waals surface area contributed by atoms with Crippen LogP contribution in [0.4, 0.5) is 10.1 Å². The molecule has 2 bridgehead atoms. The fourth-order valence-electron chi connectivity index (χ4n) is 3.78. The summed E-state index contributed by atoms with van der Waals surface area (Å²) in [7, 11) is 2.04. The summed E-state index contributed by atoms with van der Waals surface area (Å²) in [4.78, 5) is 2.53. The van der Waals surface area contributed by atoms with Crippen molar-refractivity contribution in [1.29, 1.82) is 0 Å². The van der Waals surface area contributed by atoms with Gasteiger partial charge < -0.3 is 10.2 Å².